The van der Waals surface area contributed by atoms with Crippen molar-refractivity contribution in [3.05, 3.63) is 65.7 Å². The van der Waals surface area contributed by atoms with Crippen molar-refractivity contribution >= 4 is 0 Å². The van der Waals surface area contributed by atoms with E-state index in [9.17, 15) is 15.3 Å². The monoisotopic (exact) mass is 258 g/mol. The molecular weight excluding hydrogens is 244 g/mol. The largest absolute Gasteiger partial charge is 0.455 e. The standard InChI is InChI=1S/C15H14O4/c16-13-11-8-4-5-9-12(11)19-15(18,14(13)17)10-6-2-1-3-7-10/h1-9,13-14,16-18H. The van der Waals surface area contributed by atoms with Crippen LogP contribution in [0.3, 0.4) is 0 Å². The second-order valence-electron chi connectivity index (χ2n) is 4.59. The Morgan fingerprint density at radius 1 is 0.895 bits per heavy atom. The molecule has 0 saturated carbocycles. The number of aliphatic hydroxyl groups is 3. The third-order valence-electron chi connectivity index (χ3n) is 3.39. The van der Waals surface area contributed by atoms with Gasteiger partial charge in [-0.3, -0.25) is 0 Å². The van der Waals surface area contributed by atoms with Gasteiger partial charge in [-0.25, -0.2) is 0 Å². The first-order valence-corrected chi connectivity index (χ1v) is 6.05. The van der Waals surface area contributed by atoms with E-state index in [0.29, 0.717) is 16.9 Å². The fraction of sp³-hybridized carbons (Fsp3) is 0.200. The predicted octanol–water partition coefficient (Wildman–Crippen LogP) is 1.32. The average molecular weight is 258 g/mol. The van der Waals surface area contributed by atoms with E-state index >= 15 is 0 Å². The van der Waals surface area contributed by atoms with Gasteiger partial charge in [0, 0.05) is 11.1 Å². The van der Waals surface area contributed by atoms with Gasteiger partial charge in [-0.15, -0.1) is 0 Å². The van der Waals surface area contributed by atoms with Crippen molar-refractivity contribution in [3.63, 3.8) is 0 Å². The van der Waals surface area contributed by atoms with E-state index in [1.54, 1.807) is 54.6 Å². The van der Waals surface area contributed by atoms with Gasteiger partial charge < -0.3 is 20.1 Å². The molecule has 3 atom stereocenters. The zero-order valence-corrected chi connectivity index (χ0v) is 10.1. The molecule has 4 nitrogen and oxygen atoms in total. The summed E-state index contributed by atoms with van der Waals surface area (Å²) >= 11 is 0. The molecule has 0 saturated heterocycles. The van der Waals surface area contributed by atoms with E-state index in [1.807, 2.05) is 0 Å². The van der Waals surface area contributed by atoms with E-state index in [0.717, 1.165) is 0 Å². The Morgan fingerprint density at radius 2 is 1.53 bits per heavy atom. The molecular formula is C15H14O4. The first kappa shape index (κ1) is 12.2. The maximum Gasteiger partial charge on any atom is 0.264 e. The number of aliphatic hydroxyl groups excluding tert-OH is 2. The molecule has 3 N–H and O–H groups in total. The third kappa shape index (κ3) is 1.81. The number of fused-ring (bicyclic) bond motifs is 1. The lowest BCUT2D eigenvalue weighted by Gasteiger charge is -2.40. The van der Waals surface area contributed by atoms with Gasteiger partial charge >= 0.3 is 0 Å². The van der Waals surface area contributed by atoms with E-state index < -0.39 is 18.0 Å². The summed E-state index contributed by atoms with van der Waals surface area (Å²) in [6.45, 7) is 0. The second-order valence-corrected chi connectivity index (χ2v) is 4.59. The summed E-state index contributed by atoms with van der Waals surface area (Å²) in [6, 6.07) is 15.3. The summed E-state index contributed by atoms with van der Waals surface area (Å²) in [4.78, 5) is 0. The zero-order chi connectivity index (χ0) is 13.5. The highest BCUT2D eigenvalue weighted by atomic mass is 16.6. The number of hydrogen-bond acceptors (Lipinski definition) is 4. The van der Waals surface area contributed by atoms with Crippen molar-refractivity contribution in [2.45, 2.75) is 18.0 Å². The van der Waals surface area contributed by atoms with Crippen LogP contribution >= 0.6 is 0 Å². The Labute approximate surface area is 110 Å². The van der Waals surface area contributed by atoms with Gasteiger partial charge in [0.05, 0.1) is 0 Å². The molecule has 19 heavy (non-hydrogen) atoms. The summed E-state index contributed by atoms with van der Waals surface area (Å²) < 4.78 is 5.53. The minimum Gasteiger partial charge on any atom is -0.455 e. The maximum atomic E-state index is 10.6. The molecule has 3 rings (SSSR count). The van der Waals surface area contributed by atoms with Crippen molar-refractivity contribution in [1.29, 1.82) is 0 Å². The highest BCUT2D eigenvalue weighted by molar-refractivity contribution is 5.40. The number of rotatable bonds is 1. The highest BCUT2D eigenvalue weighted by Gasteiger charge is 2.49. The summed E-state index contributed by atoms with van der Waals surface area (Å²) in [5.41, 5.74) is 0.867. The van der Waals surface area contributed by atoms with Crippen LogP contribution in [-0.4, -0.2) is 21.4 Å². The van der Waals surface area contributed by atoms with Gasteiger partial charge in [0.15, 0.2) is 6.10 Å². The summed E-state index contributed by atoms with van der Waals surface area (Å²) in [5.74, 6) is -1.58. The van der Waals surface area contributed by atoms with E-state index in [1.165, 1.54) is 0 Å². The normalized spacial score (nSPS) is 29.4. The van der Waals surface area contributed by atoms with Crippen molar-refractivity contribution in [2.75, 3.05) is 0 Å². The van der Waals surface area contributed by atoms with Crippen LogP contribution in [0.15, 0.2) is 54.6 Å². The Bertz CT molecular complexity index is 584. The minimum atomic E-state index is -1.95. The molecule has 98 valence electrons. The van der Waals surface area contributed by atoms with Gasteiger partial charge in [0.2, 0.25) is 0 Å². The van der Waals surface area contributed by atoms with Gasteiger partial charge in [-0.2, -0.15) is 0 Å². The van der Waals surface area contributed by atoms with Crippen LogP contribution in [-0.2, 0) is 5.79 Å². The first-order chi connectivity index (χ1) is 9.13. The Morgan fingerprint density at radius 3 is 2.26 bits per heavy atom. The summed E-state index contributed by atoms with van der Waals surface area (Å²) in [5, 5.41) is 30.9. The molecule has 0 bridgehead atoms. The second kappa shape index (κ2) is 4.35. The maximum absolute atomic E-state index is 10.6. The Hall–Kier alpha value is -1.88. The quantitative estimate of drug-likeness (QED) is 0.721. The molecule has 0 radical (unpaired) electrons. The molecule has 1 aliphatic rings. The molecule has 0 aliphatic carbocycles. The molecule has 4 heteroatoms. The fourth-order valence-electron chi connectivity index (χ4n) is 2.34. The molecule has 2 aromatic carbocycles. The lowest BCUT2D eigenvalue weighted by atomic mass is 9.89. The predicted molar refractivity (Wildman–Crippen MR) is 68.4 cm³/mol. The van der Waals surface area contributed by atoms with Crippen LogP contribution in [0.4, 0.5) is 0 Å². The molecule has 2 aromatic rings. The fourth-order valence-corrected chi connectivity index (χ4v) is 2.34. The summed E-state index contributed by atoms with van der Waals surface area (Å²) in [7, 11) is 0. The number of hydrogen-bond donors (Lipinski definition) is 3. The van der Waals surface area contributed by atoms with Gasteiger partial charge in [0.1, 0.15) is 11.9 Å². The molecule has 3 unspecified atom stereocenters. The van der Waals surface area contributed by atoms with Crippen LogP contribution in [0.25, 0.3) is 0 Å². The lowest BCUT2D eigenvalue weighted by molar-refractivity contribution is -0.252. The molecule has 0 spiro atoms. The van der Waals surface area contributed by atoms with Crippen molar-refractivity contribution in [1.82, 2.24) is 0 Å². The van der Waals surface area contributed by atoms with Crippen molar-refractivity contribution in [2.24, 2.45) is 0 Å². The van der Waals surface area contributed by atoms with Gasteiger partial charge in [0.25, 0.3) is 5.79 Å². The third-order valence-corrected chi connectivity index (χ3v) is 3.39. The van der Waals surface area contributed by atoms with Crippen LogP contribution < -0.4 is 4.74 Å². The average Bonchev–Trinajstić information content (AvgIpc) is 2.46. The number of ether oxygens (including phenoxy) is 1. The van der Waals surface area contributed by atoms with E-state index in [2.05, 4.69) is 0 Å². The summed E-state index contributed by atoms with van der Waals surface area (Å²) in [6.07, 6.45) is -2.65. The molecule has 1 heterocycles. The van der Waals surface area contributed by atoms with Crippen LogP contribution in [0.2, 0.25) is 0 Å². The Kier molecular flexibility index (Phi) is 2.78. The van der Waals surface area contributed by atoms with Crippen LogP contribution in [0.1, 0.15) is 17.2 Å². The van der Waals surface area contributed by atoms with E-state index in [-0.39, 0.29) is 0 Å². The molecule has 0 aromatic heterocycles. The smallest absolute Gasteiger partial charge is 0.264 e. The number of benzene rings is 2. The van der Waals surface area contributed by atoms with Gasteiger partial charge in [-0.05, 0) is 6.07 Å². The lowest BCUT2D eigenvalue weighted by Crippen LogP contribution is -2.50. The SMILES string of the molecule is OC1c2ccccc2OC(O)(c2ccccc2)C1O. The highest BCUT2D eigenvalue weighted by Crippen LogP contribution is 2.43. The number of para-hydroxylation sites is 1. The van der Waals surface area contributed by atoms with Crippen molar-refractivity contribution < 1.29 is 20.1 Å². The Balaban J connectivity index is 2.10. The molecule has 0 amide bonds. The topological polar surface area (TPSA) is 69.9 Å². The first-order valence-electron chi connectivity index (χ1n) is 6.05. The van der Waals surface area contributed by atoms with E-state index in [4.69, 9.17) is 4.74 Å². The van der Waals surface area contributed by atoms with Crippen molar-refractivity contribution in [3.8, 4) is 5.75 Å². The van der Waals surface area contributed by atoms with Crippen LogP contribution in [0.5, 0.6) is 5.75 Å². The zero-order valence-electron chi connectivity index (χ0n) is 10.1. The van der Waals surface area contributed by atoms with Gasteiger partial charge in [-0.1, -0.05) is 48.5 Å². The molecule has 0 fully saturated rings. The van der Waals surface area contributed by atoms with Crippen LogP contribution in [0, 0.1) is 0 Å². The molecule has 1 aliphatic heterocycles. The minimum absolute atomic E-state index is 0.367.